The summed E-state index contributed by atoms with van der Waals surface area (Å²) in [6, 6.07) is 7.92. The number of hydrogen-bond acceptors (Lipinski definition) is 1. The van der Waals surface area contributed by atoms with Crippen LogP contribution < -0.4 is 0 Å². The smallest absolute Gasteiger partial charge is 0.0724 e. The van der Waals surface area contributed by atoms with Gasteiger partial charge in [-0.25, -0.2) is 0 Å². The molecule has 60 valence electrons. The number of pyridine rings is 1. The van der Waals surface area contributed by atoms with E-state index in [1.165, 1.54) is 0 Å². The van der Waals surface area contributed by atoms with Gasteiger partial charge in [0.15, 0.2) is 0 Å². The zero-order valence-corrected chi connectivity index (χ0v) is 9.26. The Kier molecular flexibility index (Phi) is 2.15. The number of nitrogens with zero attached hydrogens (tertiary/aromatic N) is 1. The first kappa shape index (κ1) is 8.20. The fourth-order valence-corrected chi connectivity index (χ4v) is 2.49. The molecule has 0 fully saturated rings. The van der Waals surface area contributed by atoms with E-state index in [0.717, 1.165) is 19.8 Å². The van der Waals surface area contributed by atoms with Gasteiger partial charge in [-0.15, -0.1) is 0 Å². The third kappa shape index (κ3) is 1.27. The molecule has 0 amide bonds. The van der Waals surface area contributed by atoms with Gasteiger partial charge in [0.05, 0.1) is 5.52 Å². The molecule has 3 heteroatoms. The van der Waals surface area contributed by atoms with Gasteiger partial charge in [0.25, 0.3) is 0 Å². The molecule has 2 aromatic rings. The molecule has 0 spiro atoms. The van der Waals surface area contributed by atoms with E-state index in [1.807, 2.05) is 24.3 Å². The molecule has 1 aromatic carbocycles. The Labute approximate surface area is 87.1 Å². The Morgan fingerprint density at radius 3 is 2.50 bits per heavy atom. The molecule has 2 rings (SSSR count). The summed E-state index contributed by atoms with van der Waals surface area (Å²) in [5.41, 5.74) is 0.999. The molecular formula is C9H5Br2N. The number of rotatable bonds is 0. The van der Waals surface area contributed by atoms with E-state index in [9.17, 15) is 0 Å². The van der Waals surface area contributed by atoms with Gasteiger partial charge in [-0.3, -0.25) is 4.98 Å². The molecule has 12 heavy (non-hydrogen) atoms. The van der Waals surface area contributed by atoms with Gasteiger partial charge in [0.2, 0.25) is 0 Å². The summed E-state index contributed by atoms with van der Waals surface area (Å²) in [6.45, 7) is 0. The Morgan fingerprint density at radius 1 is 1.00 bits per heavy atom. The Balaban J connectivity index is 2.96. The third-order valence-corrected chi connectivity index (χ3v) is 2.99. The van der Waals surface area contributed by atoms with Crippen molar-refractivity contribution in [3.63, 3.8) is 0 Å². The lowest BCUT2D eigenvalue weighted by molar-refractivity contribution is 1.40. The Morgan fingerprint density at radius 2 is 1.75 bits per heavy atom. The van der Waals surface area contributed by atoms with Crippen molar-refractivity contribution in [2.45, 2.75) is 0 Å². The average Bonchev–Trinajstić information content (AvgIpc) is 2.04. The summed E-state index contributed by atoms with van der Waals surface area (Å²) in [4.78, 5) is 4.24. The van der Waals surface area contributed by atoms with Crippen LogP contribution in [-0.2, 0) is 0 Å². The standard InChI is InChI=1S/C9H5Br2N/c10-6-2-1-3-8-9(6)7(11)4-5-12-8/h1-5H. The first-order valence-electron chi connectivity index (χ1n) is 3.48. The molecule has 1 aromatic heterocycles. The van der Waals surface area contributed by atoms with Crippen LogP contribution in [0.3, 0.4) is 0 Å². The van der Waals surface area contributed by atoms with Gasteiger partial charge in [-0.1, -0.05) is 37.9 Å². The van der Waals surface area contributed by atoms with Gasteiger partial charge in [-0.2, -0.15) is 0 Å². The number of benzene rings is 1. The van der Waals surface area contributed by atoms with Crippen LogP contribution in [-0.4, -0.2) is 4.98 Å². The summed E-state index contributed by atoms with van der Waals surface area (Å²) in [7, 11) is 0. The van der Waals surface area contributed by atoms with Crippen LogP contribution in [0.4, 0.5) is 0 Å². The summed E-state index contributed by atoms with van der Waals surface area (Å²) in [5, 5.41) is 1.12. The van der Waals surface area contributed by atoms with Crippen LogP contribution in [0.2, 0.25) is 0 Å². The SMILES string of the molecule is Brc1cccc2nccc(Br)c12. The quantitative estimate of drug-likeness (QED) is 0.719. The van der Waals surface area contributed by atoms with E-state index in [0.29, 0.717) is 0 Å². The van der Waals surface area contributed by atoms with Crippen molar-refractivity contribution in [1.29, 1.82) is 0 Å². The topological polar surface area (TPSA) is 12.9 Å². The molecule has 0 aliphatic rings. The maximum absolute atomic E-state index is 4.24. The predicted octanol–water partition coefficient (Wildman–Crippen LogP) is 3.76. The second-order valence-electron chi connectivity index (χ2n) is 2.43. The fourth-order valence-electron chi connectivity index (χ4n) is 1.12. The highest BCUT2D eigenvalue weighted by molar-refractivity contribution is 9.11. The van der Waals surface area contributed by atoms with Crippen LogP contribution in [0.5, 0.6) is 0 Å². The van der Waals surface area contributed by atoms with Gasteiger partial charge in [0.1, 0.15) is 0 Å². The molecule has 0 unspecified atom stereocenters. The number of halogens is 2. The summed E-state index contributed by atoms with van der Waals surface area (Å²) in [5.74, 6) is 0. The lowest BCUT2D eigenvalue weighted by atomic mass is 10.2. The minimum atomic E-state index is 0.999. The molecule has 0 saturated carbocycles. The largest absolute Gasteiger partial charge is 0.256 e. The van der Waals surface area contributed by atoms with Crippen LogP contribution >= 0.6 is 31.9 Å². The van der Waals surface area contributed by atoms with Gasteiger partial charge >= 0.3 is 0 Å². The molecule has 0 N–H and O–H groups in total. The molecule has 1 heterocycles. The molecule has 0 bridgehead atoms. The van der Waals surface area contributed by atoms with Crippen LogP contribution in [0, 0.1) is 0 Å². The second kappa shape index (κ2) is 3.15. The Bertz CT molecular complexity index is 389. The average molecular weight is 287 g/mol. The zero-order valence-electron chi connectivity index (χ0n) is 6.09. The van der Waals surface area contributed by atoms with Crippen LogP contribution in [0.1, 0.15) is 0 Å². The first-order chi connectivity index (χ1) is 5.79. The van der Waals surface area contributed by atoms with Crippen molar-refractivity contribution in [2.75, 3.05) is 0 Å². The highest BCUT2D eigenvalue weighted by Gasteiger charge is 2.01. The number of hydrogen-bond donors (Lipinski definition) is 0. The van der Waals surface area contributed by atoms with Crippen molar-refractivity contribution in [3.8, 4) is 0 Å². The van der Waals surface area contributed by atoms with Crippen molar-refractivity contribution < 1.29 is 0 Å². The lowest BCUT2D eigenvalue weighted by Gasteiger charge is -2.00. The van der Waals surface area contributed by atoms with Gasteiger partial charge in [0, 0.05) is 20.5 Å². The van der Waals surface area contributed by atoms with E-state index >= 15 is 0 Å². The summed E-state index contributed by atoms with van der Waals surface area (Å²) >= 11 is 6.96. The third-order valence-electron chi connectivity index (χ3n) is 1.66. The van der Waals surface area contributed by atoms with Gasteiger partial charge in [-0.05, 0) is 18.2 Å². The van der Waals surface area contributed by atoms with Crippen molar-refractivity contribution >= 4 is 42.8 Å². The van der Waals surface area contributed by atoms with Crippen molar-refractivity contribution in [3.05, 3.63) is 39.4 Å². The summed E-state index contributed by atoms with van der Waals surface area (Å²) < 4.78 is 2.14. The highest BCUT2D eigenvalue weighted by atomic mass is 79.9. The molecule has 0 saturated heterocycles. The molecule has 0 radical (unpaired) electrons. The highest BCUT2D eigenvalue weighted by Crippen LogP contribution is 2.28. The lowest BCUT2D eigenvalue weighted by Crippen LogP contribution is -1.79. The van der Waals surface area contributed by atoms with E-state index < -0.39 is 0 Å². The molecular weight excluding hydrogens is 282 g/mol. The van der Waals surface area contributed by atoms with E-state index in [4.69, 9.17) is 0 Å². The zero-order chi connectivity index (χ0) is 8.55. The van der Waals surface area contributed by atoms with Crippen LogP contribution in [0.25, 0.3) is 10.9 Å². The Hall–Kier alpha value is -0.410. The molecule has 0 atom stereocenters. The van der Waals surface area contributed by atoms with Crippen LogP contribution in [0.15, 0.2) is 39.4 Å². The number of aromatic nitrogens is 1. The van der Waals surface area contributed by atoms with Crippen molar-refractivity contribution in [2.24, 2.45) is 0 Å². The summed E-state index contributed by atoms with van der Waals surface area (Å²) in [6.07, 6.45) is 1.79. The van der Waals surface area contributed by atoms with E-state index in [1.54, 1.807) is 6.20 Å². The van der Waals surface area contributed by atoms with E-state index in [-0.39, 0.29) is 0 Å². The van der Waals surface area contributed by atoms with E-state index in [2.05, 4.69) is 36.8 Å². The monoisotopic (exact) mass is 285 g/mol. The number of fused-ring (bicyclic) bond motifs is 1. The normalized spacial score (nSPS) is 10.5. The second-order valence-corrected chi connectivity index (χ2v) is 4.14. The first-order valence-corrected chi connectivity index (χ1v) is 5.06. The molecule has 0 aliphatic heterocycles. The minimum absolute atomic E-state index is 0.999. The molecule has 0 aliphatic carbocycles. The maximum atomic E-state index is 4.24. The molecule has 1 nitrogen and oxygen atoms in total. The maximum Gasteiger partial charge on any atom is 0.0724 e. The fraction of sp³-hybridized carbons (Fsp3) is 0. The van der Waals surface area contributed by atoms with Gasteiger partial charge < -0.3 is 0 Å². The minimum Gasteiger partial charge on any atom is -0.256 e. The predicted molar refractivity (Wildman–Crippen MR) is 57.1 cm³/mol. The van der Waals surface area contributed by atoms with Crippen molar-refractivity contribution in [1.82, 2.24) is 4.98 Å².